The van der Waals surface area contributed by atoms with E-state index in [-0.39, 0.29) is 0 Å². The van der Waals surface area contributed by atoms with Gasteiger partial charge < -0.3 is 9.47 Å². The van der Waals surface area contributed by atoms with Crippen LogP contribution in [-0.4, -0.2) is 12.9 Å². The van der Waals surface area contributed by atoms with Crippen molar-refractivity contribution >= 4 is 5.57 Å². The third kappa shape index (κ3) is 2.35. The fraction of sp³-hybridized carbons (Fsp3) is 0.222. The topological polar surface area (TPSA) is 18.5 Å². The molecule has 20 heavy (non-hydrogen) atoms. The molecule has 2 heteroatoms. The van der Waals surface area contributed by atoms with Crippen molar-refractivity contribution in [2.24, 2.45) is 0 Å². The van der Waals surface area contributed by atoms with Crippen LogP contribution in [0.2, 0.25) is 0 Å². The molecule has 1 aliphatic heterocycles. The smallest absolute Gasteiger partial charge is 0.214 e. The van der Waals surface area contributed by atoms with E-state index in [2.05, 4.69) is 24.3 Å². The van der Waals surface area contributed by atoms with Gasteiger partial charge in [0.1, 0.15) is 5.76 Å². The number of ether oxygens (including phenoxy) is 2. The van der Waals surface area contributed by atoms with Crippen molar-refractivity contribution in [3.8, 4) is 0 Å². The second-order valence-corrected chi connectivity index (χ2v) is 5.15. The van der Waals surface area contributed by atoms with Crippen LogP contribution in [0.4, 0.5) is 0 Å². The van der Waals surface area contributed by atoms with Gasteiger partial charge in [-0.3, -0.25) is 0 Å². The van der Waals surface area contributed by atoms with Crippen LogP contribution in [0.15, 0.2) is 66.4 Å². The first-order chi connectivity index (χ1) is 9.72. The van der Waals surface area contributed by atoms with Crippen molar-refractivity contribution in [1.29, 1.82) is 0 Å². The van der Waals surface area contributed by atoms with E-state index in [0.29, 0.717) is 0 Å². The zero-order valence-electron chi connectivity index (χ0n) is 11.8. The van der Waals surface area contributed by atoms with Gasteiger partial charge in [0, 0.05) is 19.6 Å². The lowest BCUT2D eigenvalue weighted by Gasteiger charge is -2.41. The van der Waals surface area contributed by atoms with Crippen molar-refractivity contribution in [3.05, 3.63) is 77.5 Å². The molecule has 0 saturated carbocycles. The van der Waals surface area contributed by atoms with Crippen LogP contribution in [0, 0.1) is 0 Å². The summed E-state index contributed by atoms with van der Waals surface area (Å²) in [6, 6.07) is 20.7. The number of hydrogen-bond acceptors (Lipinski definition) is 2. The summed E-state index contributed by atoms with van der Waals surface area (Å²) in [5.41, 5.74) is 3.50. The number of methoxy groups -OCH3 is 1. The first kappa shape index (κ1) is 12.9. The lowest BCUT2D eigenvalue weighted by molar-refractivity contribution is -0.244. The first-order valence-corrected chi connectivity index (χ1v) is 6.80. The Morgan fingerprint density at radius 1 is 0.950 bits per heavy atom. The van der Waals surface area contributed by atoms with Gasteiger partial charge in [-0.25, -0.2) is 0 Å². The summed E-state index contributed by atoms with van der Waals surface area (Å²) in [7, 11) is 1.68. The summed E-state index contributed by atoms with van der Waals surface area (Å²) < 4.78 is 11.3. The van der Waals surface area contributed by atoms with E-state index in [1.54, 1.807) is 7.11 Å². The second-order valence-electron chi connectivity index (χ2n) is 5.15. The lowest BCUT2D eigenvalue weighted by atomic mass is 9.92. The van der Waals surface area contributed by atoms with Crippen molar-refractivity contribution in [2.75, 3.05) is 7.11 Å². The molecule has 0 spiro atoms. The molecular weight excluding hydrogens is 248 g/mol. The summed E-state index contributed by atoms with van der Waals surface area (Å²) in [4.78, 5) is 0. The molecule has 0 bridgehead atoms. The van der Waals surface area contributed by atoms with Gasteiger partial charge in [-0.05, 0) is 11.1 Å². The Labute approximate surface area is 119 Å². The average Bonchev–Trinajstić information content (AvgIpc) is 2.48. The van der Waals surface area contributed by atoms with Gasteiger partial charge in [-0.1, -0.05) is 60.7 Å². The Bertz CT molecular complexity index is 565. The molecule has 3 rings (SSSR count). The third-order valence-electron chi connectivity index (χ3n) is 3.66. The van der Waals surface area contributed by atoms with Gasteiger partial charge in [-0.2, -0.15) is 0 Å². The molecule has 0 aliphatic carbocycles. The molecule has 0 aromatic heterocycles. The SMILES string of the molecule is COC1(C)CC(=C(c2ccccc2)c2ccccc2)O1. The predicted molar refractivity (Wildman–Crippen MR) is 80.0 cm³/mol. The molecule has 1 saturated heterocycles. The Hall–Kier alpha value is -2.06. The van der Waals surface area contributed by atoms with E-state index in [4.69, 9.17) is 9.47 Å². The van der Waals surface area contributed by atoms with Crippen LogP contribution >= 0.6 is 0 Å². The number of benzene rings is 2. The molecule has 1 aliphatic rings. The number of rotatable bonds is 3. The zero-order chi connectivity index (χ0) is 14.0. The van der Waals surface area contributed by atoms with Crippen LogP contribution in [-0.2, 0) is 9.47 Å². The van der Waals surface area contributed by atoms with Gasteiger partial charge in [0.05, 0.1) is 6.42 Å². The van der Waals surface area contributed by atoms with Crippen molar-refractivity contribution < 1.29 is 9.47 Å². The highest BCUT2D eigenvalue weighted by Gasteiger charge is 2.40. The minimum atomic E-state index is -0.482. The lowest BCUT2D eigenvalue weighted by Crippen LogP contribution is -2.41. The standard InChI is InChI=1S/C18H18O2/c1-18(19-2)13-16(20-18)17(14-9-5-3-6-10-14)15-11-7-4-8-12-15/h3-12H,13H2,1-2H3. The highest BCUT2D eigenvalue weighted by molar-refractivity contribution is 5.81. The Morgan fingerprint density at radius 3 is 1.80 bits per heavy atom. The fourth-order valence-corrected chi connectivity index (χ4v) is 2.50. The van der Waals surface area contributed by atoms with Crippen molar-refractivity contribution in [2.45, 2.75) is 19.1 Å². The maximum atomic E-state index is 5.90. The Balaban J connectivity index is 2.05. The van der Waals surface area contributed by atoms with Crippen LogP contribution < -0.4 is 0 Å². The van der Waals surface area contributed by atoms with E-state index < -0.39 is 5.79 Å². The van der Waals surface area contributed by atoms with E-state index in [1.807, 2.05) is 43.3 Å². The van der Waals surface area contributed by atoms with Gasteiger partial charge in [0.2, 0.25) is 5.79 Å². The molecule has 1 atom stereocenters. The Morgan fingerprint density at radius 2 is 1.40 bits per heavy atom. The predicted octanol–water partition coefficient (Wildman–Crippen LogP) is 4.23. The Kier molecular flexibility index (Phi) is 3.33. The highest BCUT2D eigenvalue weighted by atomic mass is 16.7. The van der Waals surface area contributed by atoms with Crippen LogP contribution in [0.1, 0.15) is 24.5 Å². The summed E-state index contributed by atoms with van der Waals surface area (Å²) in [6.45, 7) is 1.96. The van der Waals surface area contributed by atoms with E-state index in [0.717, 1.165) is 17.8 Å². The van der Waals surface area contributed by atoms with Gasteiger partial charge in [-0.15, -0.1) is 0 Å². The zero-order valence-corrected chi connectivity index (χ0v) is 11.8. The van der Waals surface area contributed by atoms with Crippen LogP contribution in [0.5, 0.6) is 0 Å². The molecule has 1 heterocycles. The van der Waals surface area contributed by atoms with Gasteiger partial charge in [0.25, 0.3) is 0 Å². The fourth-order valence-electron chi connectivity index (χ4n) is 2.50. The molecule has 0 amide bonds. The molecule has 102 valence electrons. The first-order valence-electron chi connectivity index (χ1n) is 6.80. The summed E-state index contributed by atoms with van der Waals surface area (Å²) in [6.07, 6.45) is 0.794. The molecule has 2 aromatic rings. The average molecular weight is 266 g/mol. The molecule has 1 fully saturated rings. The molecule has 2 aromatic carbocycles. The molecule has 0 radical (unpaired) electrons. The van der Waals surface area contributed by atoms with E-state index >= 15 is 0 Å². The van der Waals surface area contributed by atoms with E-state index in [9.17, 15) is 0 Å². The van der Waals surface area contributed by atoms with Crippen LogP contribution in [0.25, 0.3) is 5.57 Å². The largest absolute Gasteiger partial charge is 0.466 e. The minimum absolute atomic E-state index is 0.482. The summed E-state index contributed by atoms with van der Waals surface area (Å²) >= 11 is 0. The van der Waals surface area contributed by atoms with Crippen molar-refractivity contribution in [3.63, 3.8) is 0 Å². The summed E-state index contributed by atoms with van der Waals surface area (Å²) in [5, 5.41) is 0. The summed E-state index contributed by atoms with van der Waals surface area (Å²) in [5.74, 6) is 0.510. The third-order valence-corrected chi connectivity index (χ3v) is 3.66. The molecule has 0 N–H and O–H groups in total. The van der Waals surface area contributed by atoms with E-state index in [1.165, 1.54) is 11.1 Å². The maximum Gasteiger partial charge on any atom is 0.214 e. The van der Waals surface area contributed by atoms with Gasteiger partial charge >= 0.3 is 0 Å². The highest BCUT2D eigenvalue weighted by Crippen LogP contribution is 2.42. The number of hydrogen-bond donors (Lipinski definition) is 0. The molecule has 2 nitrogen and oxygen atoms in total. The normalized spacial score (nSPS) is 21.0. The molecule has 1 unspecified atom stereocenters. The molecular formula is C18H18O2. The monoisotopic (exact) mass is 266 g/mol. The quantitative estimate of drug-likeness (QED) is 0.827. The van der Waals surface area contributed by atoms with Crippen LogP contribution in [0.3, 0.4) is 0 Å². The second kappa shape index (κ2) is 5.14. The van der Waals surface area contributed by atoms with Gasteiger partial charge in [0.15, 0.2) is 0 Å². The maximum absolute atomic E-state index is 5.90. The minimum Gasteiger partial charge on any atom is -0.466 e. The van der Waals surface area contributed by atoms with Crippen molar-refractivity contribution in [1.82, 2.24) is 0 Å².